The van der Waals surface area contributed by atoms with Crippen molar-refractivity contribution < 1.29 is 9.90 Å². The van der Waals surface area contributed by atoms with E-state index in [0.717, 1.165) is 18.5 Å². The number of urea groups is 1. The number of rotatable bonds is 1. The normalized spacial score (nSPS) is 27.9. The van der Waals surface area contributed by atoms with E-state index in [0.29, 0.717) is 11.7 Å². The molecule has 0 saturated heterocycles. The van der Waals surface area contributed by atoms with E-state index in [2.05, 4.69) is 22.6 Å². The lowest BCUT2D eigenvalue weighted by atomic mass is 9.97. The maximum Gasteiger partial charge on any atom is 0.314 e. The van der Waals surface area contributed by atoms with E-state index >= 15 is 0 Å². The van der Waals surface area contributed by atoms with Gasteiger partial charge in [0.05, 0.1) is 12.1 Å². The van der Waals surface area contributed by atoms with Crippen LogP contribution in [0.2, 0.25) is 0 Å². The van der Waals surface area contributed by atoms with Gasteiger partial charge in [0.1, 0.15) is 5.75 Å². The molecule has 1 aromatic carbocycles. The Kier molecular flexibility index (Phi) is 2.77. The summed E-state index contributed by atoms with van der Waals surface area (Å²) in [5.41, 5.74) is 2.37. The van der Waals surface area contributed by atoms with E-state index in [9.17, 15) is 9.90 Å². The molecule has 3 N–H and O–H groups in total. The molecule has 2 aliphatic rings. The summed E-state index contributed by atoms with van der Waals surface area (Å²) in [6.45, 7) is 0. The number of phenolic OH excluding ortho intramolecular Hbond substituents is 1. The molecule has 1 fully saturated rings. The van der Waals surface area contributed by atoms with Gasteiger partial charge in [-0.05, 0) is 36.6 Å². The zero-order valence-corrected chi connectivity index (χ0v) is 11.2. The highest BCUT2D eigenvalue weighted by Gasteiger charge is 2.46. The number of carbonyl (C=O) groups is 1. The van der Waals surface area contributed by atoms with Crippen molar-refractivity contribution >= 4 is 11.7 Å². The van der Waals surface area contributed by atoms with Gasteiger partial charge in [-0.3, -0.25) is 0 Å². The third-order valence-corrected chi connectivity index (χ3v) is 4.39. The summed E-state index contributed by atoms with van der Waals surface area (Å²) in [6.07, 6.45) is 2.02. The molecule has 1 heterocycles. The molecule has 19 heavy (non-hydrogen) atoms. The van der Waals surface area contributed by atoms with Gasteiger partial charge in [-0.15, -0.1) is 0 Å². The number of benzene rings is 1. The Bertz CT molecular complexity index is 517. The highest BCUT2D eigenvalue weighted by Crippen LogP contribution is 2.49. The van der Waals surface area contributed by atoms with Gasteiger partial charge in [0, 0.05) is 25.7 Å². The van der Waals surface area contributed by atoms with Crippen LogP contribution in [0.5, 0.6) is 5.75 Å². The fraction of sp³-hybridized carbons (Fsp3) is 0.500. The first kappa shape index (κ1) is 12.1. The number of aromatic hydroxyl groups is 1. The van der Waals surface area contributed by atoms with Crippen molar-refractivity contribution in [2.75, 3.05) is 19.0 Å². The number of amides is 2. The molecule has 0 bridgehead atoms. The van der Waals surface area contributed by atoms with Gasteiger partial charge in [0.15, 0.2) is 0 Å². The average Bonchev–Trinajstić information content (AvgIpc) is 2.91. The molecule has 0 spiro atoms. The Morgan fingerprint density at radius 1 is 1.42 bits per heavy atom. The van der Waals surface area contributed by atoms with Crippen LogP contribution >= 0.6 is 0 Å². The summed E-state index contributed by atoms with van der Waals surface area (Å²) < 4.78 is 0. The molecule has 0 radical (unpaired) electrons. The second kappa shape index (κ2) is 4.33. The predicted molar refractivity (Wildman–Crippen MR) is 73.7 cm³/mol. The molecule has 5 nitrogen and oxygen atoms in total. The highest BCUT2D eigenvalue weighted by atomic mass is 16.3. The van der Waals surface area contributed by atoms with E-state index in [-0.39, 0.29) is 18.1 Å². The number of hydrogen-bond acceptors (Lipinski definition) is 3. The lowest BCUT2D eigenvalue weighted by Gasteiger charge is -2.28. The smallest absolute Gasteiger partial charge is 0.314 e. The molecule has 1 saturated carbocycles. The van der Waals surface area contributed by atoms with Crippen LogP contribution < -0.4 is 15.5 Å². The van der Waals surface area contributed by atoms with Crippen LogP contribution in [0.1, 0.15) is 24.3 Å². The molecule has 5 heteroatoms. The van der Waals surface area contributed by atoms with Crippen LogP contribution in [0.3, 0.4) is 0 Å². The SMILES string of the molecule is CNC(=O)NC1CCC2c3cc(O)ccc3N(C)C12. The Balaban J connectivity index is 1.88. The summed E-state index contributed by atoms with van der Waals surface area (Å²) in [5, 5.41) is 15.3. The number of nitrogens with one attached hydrogen (secondary N) is 2. The van der Waals surface area contributed by atoms with Crippen LogP contribution in [0.4, 0.5) is 10.5 Å². The topological polar surface area (TPSA) is 64.6 Å². The molecule has 1 aromatic rings. The maximum atomic E-state index is 11.5. The van der Waals surface area contributed by atoms with Gasteiger partial charge in [-0.25, -0.2) is 4.79 Å². The van der Waals surface area contributed by atoms with E-state index in [4.69, 9.17) is 0 Å². The molecule has 3 atom stereocenters. The van der Waals surface area contributed by atoms with Gasteiger partial charge in [0.2, 0.25) is 0 Å². The van der Waals surface area contributed by atoms with E-state index in [1.807, 2.05) is 12.1 Å². The van der Waals surface area contributed by atoms with Gasteiger partial charge >= 0.3 is 6.03 Å². The molecule has 1 aliphatic carbocycles. The van der Waals surface area contributed by atoms with Crippen LogP contribution in [0, 0.1) is 0 Å². The molecule has 1 aliphatic heterocycles. The summed E-state index contributed by atoms with van der Waals surface area (Å²) in [7, 11) is 3.69. The average molecular weight is 261 g/mol. The summed E-state index contributed by atoms with van der Waals surface area (Å²) in [5.74, 6) is 0.713. The summed E-state index contributed by atoms with van der Waals surface area (Å²) in [4.78, 5) is 13.7. The van der Waals surface area contributed by atoms with Crippen molar-refractivity contribution in [3.8, 4) is 5.75 Å². The van der Waals surface area contributed by atoms with Crippen molar-refractivity contribution in [3.05, 3.63) is 23.8 Å². The lowest BCUT2D eigenvalue weighted by Crippen LogP contribution is -2.49. The number of likely N-dealkylation sites (N-methyl/N-ethyl adjacent to an activating group) is 1. The summed E-state index contributed by atoms with van der Waals surface area (Å²) in [6, 6.07) is 5.85. The molecule has 0 aromatic heterocycles. The van der Waals surface area contributed by atoms with Gasteiger partial charge in [0.25, 0.3) is 0 Å². The second-order valence-corrected chi connectivity index (χ2v) is 5.36. The zero-order chi connectivity index (χ0) is 13.6. The first-order valence-corrected chi connectivity index (χ1v) is 6.66. The molecule has 102 valence electrons. The Hall–Kier alpha value is -1.91. The van der Waals surface area contributed by atoms with Crippen molar-refractivity contribution in [3.63, 3.8) is 0 Å². The van der Waals surface area contributed by atoms with E-state index in [1.165, 1.54) is 5.56 Å². The second-order valence-electron chi connectivity index (χ2n) is 5.36. The van der Waals surface area contributed by atoms with Crippen molar-refractivity contribution in [1.29, 1.82) is 0 Å². The fourth-order valence-corrected chi connectivity index (χ4v) is 3.58. The highest BCUT2D eigenvalue weighted by molar-refractivity contribution is 5.74. The number of anilines is 1. The third kappa shape index (κ3) is 1.80. The minimum absolute atomic E-state index is 0.127. The standard InChI is InChI=1S/C14H19N3O2/c1-15-14(19)16-11-5-4-9-10-7-8(18)3-6-12(10)17(2)13(9)11/h3,6-7,9,11,13,18H,4-5H2,1-2H3,(H2,15,16,19). The maximum absolute atomic E-state index is 11.5. The van der Waals surface area contributed by atoms with Gasteiger partial charge in [-0.1, -0.05) is 0 Å². The van der Waals surface area contributed by atoms with Crippen LogP contribution in [-0.4, -0.2) is 37.3 Å². The van der Waals surface area contributed by atoms with Crippen LogP contribution in [0.25, 0.3) is 0 Å². The zero-order valence-electron chi connectivity index (χ0n) is 11.2. The van der Waals surface area contributed by atoms with Crippen LogP contribution in [0.15, 0.2) is 18.2 Å². The largest absolute Gasteiger partial charge is 0.508 e. The van der Waals surface area contributed by atoms with Crippen molar-refractivity contribution in [2.45, 2.75) is 30.8 Å². The Morgan fingerprint density at radius 2 is 2.21 bits per heavy atom. The fourth-order valence-electron chi connectivity index (χ4n) is 3.58. The number of phenols is 1. The third-order valence-electron chi connectivity index (χ3n) is 4.39. The van der Waals surface area contributed by atoms with Crippen molar-refractivity contribution in [2.24, 2.45) is 0 Å². The molecule has 3 unspecified atom stereocenters. The lowest BCUT2D eigenvalue weighted by molar-refractivity contribution is 0.238. The van der Waals surface area contributed by atoms with Crippen molar-refractivity contribution in [1.82, 2.24) is 10.6 Å². The minimum atomic E-state index is -0.127. The van der Waals surface area contributed by atoms with Crippen LogP contribution in [-0.2, 0) is 0 Å². The Labute approximate surface area is 112 Å². The van der Waals surface area contributed by atoms with E-state index < -0.39 is 0 Å². The number of fused-ring (bicyclic) bond motifs is 3. The minimum Gasteiger partial charge on any atom is -0.508 e. The number of carbonyl (C=O) groups excluding carboxylic acids is 1. The van der Waals surface area contributed by atoms with Gasteiger partial charge in [-0.2, -0.15) is 0 Å². The predicted octanol–water partition coefficient (Wildman–Crippen LogP) is 1.39. The first-order chi connectivity index (χ1) is 9.11. The Morgan fingerprint density at radius 3 is 2.95 bits per heavy atom. The van der Waals surface area contributed by atoms with Gasteiger partial charge < -0.3 is 20.6 Å². The molecular formula is C14H19N3O2. The number of hydrogen-bond donors (Lipinski definition) is 3. The molecule has 2 amide bonds. The molecule has 3 rings (SSSR count). The molecular weight excluding hydrogens is 242 g/mol. The quantitative estimate of drug-likeness (QED) is 0.715. The summed E-state index contributed by atoms with van der Waals surface area (Å²) >= 11 is 0. The first-order valence-electron chi connectivity index (χ1n) is 6.66. The monoisotopic (exact) mass is 261 g/mol. The number of nitrogens with zero attached hydrogens (tertiary/aromatic N) is 1. The van der Waals surface area contributed by atoms with E-state index in [1.54, 1.807) is 13.1 Å².